The molecule has 2 heterocycles. The highest BCUT2D eigenvalue weighted by atomic mass is 16.3. The smallest absolute Gasteiger partial charge is 0.131 e. The van der Waals surface area contributed by atoms with Gasteiger partial charge in [0.25, 0.3) is 0 Å². The van der Waals surface area contributed by atoms with E-state index in [1.807, 2.05) is 30.5 Å². The molecule has 4 nitrogen and oxygen atoms in total. The van der Waals surface area contributed by atoms with Crippen molar-refractivity contribution in [3.05, 3.63) is 59.7 Å². The number of aromatic nitrogens is 2. The average Bonchev–Trinajstić information content (AvgIpc) is 2.63. The Morgan fingerprint density at radius 1 is 1.12 bits per heavy atom. The molecule has 0 bridgehead atoms. The molecule has 1 N–H and O–H groups in total. The van der Waals surface area contributed by atoms with Gasteiger partial charge in [0, 0.05) is 18.7 Å². The number of likely N-dealkylation sites (tertiary alicyclic amines) is 1. The standard InChI is InChI=1S/C21H29N3O/c1-16(2)21-22-11-8-19(23-21)15-24-12-9-18(10-13-24)20(25)14-17-6-4-3-5-7-17/h3-8,11,16,18,20,25H,9-10,12-15H2,1-2H3/t20-/m0/s1. The Labute approximate surface area is 150 Å². The van der Waals surface area contributed by atoms with Crippen molar-refractivity contribution >= 4 is 0 Å². The molecule has 25 heavy (non-hydrogen) atoms. The molecule has 0 radical (unpaired) electrons. The van der Waals surface area contributed by atoms with Crippen molar-refractivity contribution in [3.63, 3.8) is 0 Å². The Balaban J connectivity index is 1.49. The predicted molar refractivity (Wildman–Crippen MR) is 100 cm³/mol. The van der Waals surface area contributed by atoms with E-state index in [1.165, 1.54) is 5.56 Å². The van der Waals surface area contributed by atoms with E-state index in [9.17, 15) is 5.11 Å². The first-order chi connectivity index (χ1) is 12.1. The van der Waals surface area contributed by atoms with Gasteiger partial charge in [-0.25, -0.2) is 9.97 Å². The molecule has 1 aromatic carbocycles. The van der Waals surface area contributed by atoms with Crippen LogP contribution in [0.4, 0.5) is 0 Å². The second-order valence-corrected chi connectivity index (χ2v) is 7.43. The van der Waals surface area contributed by atoms with E-state index in [4.69, 9.17) is 0 Å². The fraction of sp³-hybridized carbons (Fsp3) is 0.524. The summed E-state index contributed by atoms with van der Waals surface area (Å²) in [5.74, 6) is 1.68. The van der Waals surface area contributed by atoms with Crippen molar-refractivity contribution in [1.82, 2.24) is 14.9 Å². The summed E-state index contributed by atoms with van der Waals surface area (Å²) in [6.45, 7) is 7.18. The van der Waals surface area contributed by atoms with Gasteiger partial charge in [0.15, 0.2) is 0 Å². The van der Waals surface area contributed by atoms with Crippen LogP contribution in [0.15, 0.2) is 42.6 Å². The van der Waals surface area contributed by atoms with E-state index < -0.39 is 0 Å². The summed E-state index contributed by atoms with van der Waals surface area (Å²) >= 11 is 0. The van der Waals surface area contributed by atoms with Crippen molar-refractivity contribution < 1.29 is 5.11 Å². The van der Waals surface area contributed by atoms with Crippen LogP contribution in [0.25, 0.3) is 0 Å². The number of hydrogen-bond donors (Lipinski definition) is 1. The van der Waals surface area contributed by atoms with Crippen LogP contribution in [0, 0.1) is 5.92 Å². The van der Waals surface area contributed by atoms with Gasteiger partial charge < -0.3 is 5.11 Å². The first kappa shape index (κ1) is 18.0. The minimum atomic E-state index is -0.240. The molecule has 1 atom stereocenters. The summed E-state index contributed by atoms with van der Waals surface area (Å²) < 4.78 is 0. The largest absolute Gasteiger partial charge is 0.392 e. The molecule has 134 valence electrons. The van der Waals surface area contributed by atoms with Crippen molar-refractivity contribution in [3.8, 4) is 0 Å². The lowest BCUT2D eigenvalue weighted by atomic mass is 9.88. The highest BCUT2D eigenvalue weighted by Crippen LogP contribution is 2.24. The zero-order valence-corrected chi connectivity index (χ0v) is 15.3. The summed E-state index contributed by atoms with van der Waals surface area (Å²) in [6, 6.07) is 12.3. The number of hydrogen-bond acceptors (Lipinski definition) is 4. The summed E-state index contributed by atoms with van der Waals surface area (Å²) in [4.78, 5) is 11.5. The molecule has 0 saturated carbocycles. The molecule has 4 heteroatoms. The Kier molecular flexibility index (Phi) is 6.16. The van der Waals surface area contributed by atoms with E-state index in [2.05, 4.69) is 40.8 Å². The Hall–Kier alpha value is -1.78. The normalized spacial score (nSPS) is 17.8. The Bertz CT molecular complexity index is 651. The molecular weight excluding hydrogens is 310 g/mol. The molecule has 1 fully saturated rings. The third-order valence-corrected chi connectivity index (χ3v) is 5.10. The molecule has 0 unspecified atom stereocenters. The number of aliphatic hydroxyl groups is 1. The minimum absolute atomic E-state index is 0.240. The van der Waals surface area contributed by atoms with E-state index in [0.29, 0.717) is 11.8 Å². The minimum Gasteiger partial charge on any atom is -0.392 e. The van der Waals surface area contributed by atoms with Crippen LogP contribution >= 0.6 is 0 Å². The third-order valence-electron chi connectivity index (χ3n) is 5.10. The van der Waals surface area contributed by atoms with Crippen molar-refractivity contribution in [2.75, 3.05) is 13.1 Å². The number of nitrogens with zero attached hydrogens (tertiary/aromatic N) is 3. The molecule has 0 amide bonds. The topological polar surface area (TPSA) is 49.2 Å². The first-order valence-corrected chi connectivity index (χ1v) is 9.38. The maximum Gasteiger partial charge on any atom is 0.131 e. The third kappa shape index (κ3) is 5.10. The number of rotatable bonds is 6. The summed E-state index contributed by atoms with van der Waals surface area (Å²) in [5, 5.41) is 10.6. The SMILES string of the molecule is CC(C)c1nccc(CN2CCC([C@@H](O)Cc3ccccc3)CC2)n1. The van der Waals surface area contributed by atoms with Gasteiger partial charge in [-0.05, 0) is 49.9 Å². The van der Waals surface area contributed by atoms with Gasteiger partial charge in [0.05, 0.1) is 11.8 Å². The van der Waals surface area contributed by atoms with Crippen LogP contribution in [-0.4, -0.2) is 39.2 Å². The lowest BCUT2D eigenvalue weighted by molar-refractivity contribution is 0.0573. The molecule has 1 aromatic heterocycles. The van der Waals surface area contributed by atoms with Crippen LogP contribution in [0.3, 0.4) is 0 Å². The van der Waals surface area contributed by atoms with E-state index in [-0.39, 0.29) is 6.10 Å². The van der Waals surface area contributed by atoms with Gasteiger partial charge in [-0.3, -0.25) is 4.90 Å². The van der Waals surface area contributed by atoms with Crippen molar-refractivity contribution in [2.24, 2.45) is 5.92 Å². The predicted octanol–water partition coefficient (Wildman–Crippen LogP) is 3.42. The van der Waals surface area contributed by atoms with Crippen LogP contribution in [0.1, 0.15) is 49.7 Å². The number of aliphatic hydroxyl groups excluding tert-OH is 1. The highest BCUT2D eigenvalue weighted by Gasteiger charge is 2.25. The first-order valence-electron chi connectivity index (χ1n) is 9.38. The molecular formula is C21H29N3O. The van der Waals surface area contributed by atoms with Gasteiger partial charge >= 0.3 is 0 Å². The number of benzene rings is 1. The van der Waals surface area contributed by atoms with Crippen LogP contribution in [0.2, 0.25) is 0 Å². The van der Waals surface area contributed by atoms with Crippen LogP contribution in [0.5, 0.6) is 0 Å². The zero-order chi connectivity index (χ0) is 17.6. The molecule has 0 spiro atoms. The van der Waals surface area contributed by atoms with Crippen molar-refractivity contribution in [1.29, 1.82) is 0 Å². The monoisotopic (exact) mass is 339 g/mol. The van der Waals surface area contributed by atoms with Gasteiger partial charge in [0.1, 0.15) is 5.82 Å². The summed E-state index contributed by atoms with van der Waals surface area (Å²) in [7, 11) is 0. The molecule has 1 aliphatic heterocycles. The average molecular weight is 339 g/mol. The van der Waals surface area contributed by atoms with E-state index in [0.717, 1.165) is 50.4 Å². The molecule has 1 aliphatic rings. The molecule has 1 saturated heterocycles. The Morgan fingerprint density at radius 2 is 1.84 bits per heavy atom. The summed E-state index contributed by atoms with van der Waals surface area (Å²) in [6.07, 6.45) is 4.49. The van der Waals surface area contributed by atoms with Gasteiger partial charge in [-0.15, -0.1) is 0 Å². The molecule has 0 aliphatic carbocycles. The van der Waals surface area contributed by atoms with E-state index in [1.54, 1.807) is 0 Å². The van der Waals surface area contributed by atoms with Gasteiger partial charge in [-0.2, -0.15) is 0 Å². The fourth-order valence-electron chi connectivity index (χ4n) is 3.53. The fourth-order valence-corrected chi connectivity index (χ4v) is 3.53. The Morgan fingerprint density at radius 3 is 2.52 bits per heavy atom. The zero-order valence-electron chi connectivity index (χ0n) is 15.3. The lowest BCUT2D eigenvalue weighted by Crippen LogP contribution is -2.38. The molecule has 3 rings (SSSR count). The van der Waals surface area contributed by atoms with Gasteiger partial charge in [-0.1, -0.05) is 44.2 Å². The summed E-state index contributed by atoms with van der Waals surface area (Å²) in [5.41, 5.74) is 2.32. The number of piperidine rings is 1. The highest BCUT2D eigenvalue weighted by molar-refractivity contribution is 5.15. The maximum atomic E-state index is 10.6. The maximum absolute atomic E-state index is 10.6. The lowest BCUT2D eigenvalue weighted by Gasteiger charge is -2.34. The second kappa shape index (κ2) is 8.54. The van der Waals surface area contributed by atoms with Crippen LogP contribution < -0.4 is 0 Å². The van der Waals surface area contributed by atoms with Gasteiger partial charge in [0.2, 0.25) is 0 Å². The van der Waals surface area contributed by atoms with Crippen LogP contribution in [-0.2, 0) is 13.0 Å². The quantitative estimate of drug-likeness (QED) is 0.876. The molecule has 2 aromatic rings. The van der Waals surface area contributed by atoms with E-state index >= 15 is 0 Å². The second-order valence-electron chi connectivity index (χ2n) is 7.43. The van der Waals surface area contributed by atoms with Crippen molar-refractivity contribution in [2.45, 2.75) is 51.7 Å².